The summed E-state index contributed by atoms with van der Waals surface area (Å²) < 4.78 is 18.1. The molecule has 17 heavy (non-hydrogen) atoms. The fraction of sp³-hybridized carbons (Fsp3) is 0.167. The molecule has 0 spiro atoms. The van der Waals surface area contributed by atoms with Gasteiger partial charge in [0.15, 0.2) is 0 Å². The van der Waals surface area contributed by atoms with Crippen LogP contribution in [0.1, 0.15) is 12.5 Å². The molecule has 0 saturated heterocycles. The van der Waals surface area contributed by atoms with E-state index in [2.05, 4.69) is 11.4 Å². The Kier molecular flexibility index (Phi) is 4.31. The van der Waals surface area contributed by atoms with Crippen LogP contribution in [0.25, 0.3) is 5.53 Å². The second kappa shape index (κ2) is 5.72. The molecule has 4 nitrogen and oxygen atoms in total. The summed E-state index contributed by atoms with van der Waals surface area (Å²) in [4.78, 5) is 14.3. The van der Waals surface area contributed by atoms with Crippen molar-refractivity contribution >= 4 is 11.7 Å². The van der Waals surface area contributed by atoms with Gasteiger partial charge >= 0.3 is 11.7 Å². The van der Waals surface area contributed by atoms with Crippen LogP contribution in [0.2, 0.25) is 0 Å². The smallest absolute Gasteiger partial charge is 0.422 e. The molecule has 0 saturated carbocycles. The molecule has 0 unspecified atom stereocenters. The molecule has 0 amide bonds. The molecule has 0 aliphatic carbocycles. The SMILES string of the molecule is C=C(C)COC(=O)C(=[N+]=[N-])c1ccccc1F. The number of nitrogens with zero attached hydrogens (tertiary/aromatic N) is 2. The lowest BCUT2D eigenvalue weighted by molar-refractivity contribution is -0.139. The highest BCUT2D eigenvalue weighted by molar-refractivity contribution is 6.40. The van der Waals surface area contributed by atoms with Gasteiger partial charge in [0.05, 0.1) is 0 Å². The molecule has 1 rings (SSSR count). The number of carbonyl (C=O) groups excluding carboxylic acids is 1. The number of esters is 1. The summed E-state index contributed by atoms with van der Waals surface area (Å²) >= 11 is 0. The Hall–Kier alpha value is -2.26. The fourth-order valence-electron chi connectivity index (χ4n) is 1.12. The van der Waals surface area contributed by atoms with Crippen molar-refractivity contribution < 1.29 is 18.7 Å². The highest BCUT2D eigenvalue weighted by atomic mass is 19.1. The van der Waals surface area contributed by atoms with Crippen LogP contribution < -0.4 is 0 Å². The first kappa shape index (κ1) is 12.8. The molecule has 0 bridgehead atoms. The molecule has 0 aliphatic rings. The third-order valence-electron chi connectivity index (χ3n) is 1.87. The first-order chi connectivity index (χ1) is 8.06. The van der Waals surface area contributed by atoms with E-state index in [0.717, 1.165) is 6.07 Å². The minimum Gasteiger partial charge on any atom is -0.452 e. The van der Waals surface area contributed by atoms with Gasteiger partial charge in [-0.25, -0.2) is 9.18 Å². The van der Waals surface area contributed by atoms with Crippen LogP contribution in [0.4, 0.5) is 4.39 Å². The fourth-order valence-corrected chi connectivity index (χ4v) is 1.12. The zero-order valence-corrected chi connectivity index (χ0v) is 9.31. The number of benzene rings is 1. The molecule has 88 valence electrons. The molecular weight excluding hydrogens is 223 g/mol. The van der Waals surface area contributed by atoms with Crippen LogP contribution in [-0.4, -0.2) is 23.1 Å². The van der Waals surface area contributed by atoms with E-state index >= 15 is 0 Å². The lowest BCUT2D eigenvalue weighted by Crippen LogP contribution is -2.21. The van der Waals surface area contributed by atoms with Gasteiger partial charge in [-0.05, 0) is 24.6 Å². The van der Waals surface area contributed by atoms with E-state index < -0.39 is 17.5 Å². The van der Waals surface area contributed by atoms with Crippen molar-refractivity contribution in [2.24, 2.45) is 0 Å². The van der Waals surface area contributed by atoms with E-state index in [9.17, 15) is 9.18 Å². The van der Waals surface area contributed by atoms with E-state index in [4.69, 9.17) is 10.3 Å². The maximum absolute atomic E-state index is 13.4. The van der Waals surface area contributed by atoms with E-state index in [1.165, 1.54) is 18.2 Å². The van der Waals surface area contributed by atoms with Gasteiger partial charge in [-0.15, -0.1) is 0 Å². The van der Waals surface area contributed by atoms with Gasteiger partial charge in [-0.1, -0.05) is 18.7 Å². The molecule has 1 aromatic carbocycles. The highest BCUT2D eigenvalue weighted by Crippen LogP contribution is 2.08. The minimum absolute atomic E-state index is 0.00763. The zero-order chi connectivity index (χ0) is 12.8. The van der Waals surface area contributed by atoms with Crippen molar-refractivity contribution in [1.29, 1.82) is 0 Å². The third-order valence-corrected chi connectivity index (χ3v) is 1.87. The van der Waals surface area contributed by atoms with Gasteiger partial charge in [-0.3, -0.25) is 0 Å². The van der Waals surface area contributed by atoms with Crippen molar-refractivity contribution in [2.75, 3.05) is 6.61 Å². The summed E-state index contributed by atoms with van der Waals surface area (Å²) in [6.07, 6.45) is 0. The topological polar surface area (TPSA) is 62.7 Å². The summed E-state index contributed by atoms with van der Waals surface area (Å²) in [7, 11) is 0. The summed E-state index contributed by atoms with van der Waals surface area (Å²) in [5, 5.41) is 0. The third kappa shape index (κ3) is 3.36. The average Bonchev–Trinajstić information content (AvgIpc) is 2.30. The van der Waals surface area contributed by atoms with Crippen molar-refractivity contribution in [2.45, 2.75) is 6.92 Å². The van der Waals surface area contributed by atoms with E-state index in [1.54, 1.807) is 6.92 Å². The van der Waals surface area contributed by atoms with Gasteiger partial charge in [0.2, 0.25) is 0 Å². The normalized spacial score (nSPS) is 9.29. The number of hydrogen-bond donors (Lipinski definition) is 0. The molecule has 0 N–H and O–H groups in total. The summed E-state index contributed by atoms with van der Waals surface area (Å²) in [5.74, 6) is -1.56. The highest BCUT2D eigenvalue weighted by Gasteiger charge is 2.27. The van der Waals surface area contributed by atoms with Crippen molar-refractivity contribution in [1.82, 2.24) is 0 Å². The van der Waals surface area contributed by atoms with Crippen LogP contribution >= 0.6 is 0 Å². The molecule has 0 radical (unpaired) electrons. The van der Waals surface area contributed by atoms with Gasteiger partial charge < -0.3 is 10.3 Å². The Labute approximate surface area is 98.0 Å². The van der Waals surface area contributed by atoms with Gasteiger partial charge in [0.25, 0.3) is 0 Å². The van der Waals surface area contributed by atoms with Crippen LogP contribution in [0.3, 0.4) is 0 Å². The standard InChI is InChI=1S/C12H11FN2O2/c1-8(2)7-17-12(16)11(15-14)9-5-3-4-6-10(9)13/h3-6H,1,7H2,2H3. The summed E-state index contributed by atoms with van der Waals surface area (Å²) in [6, 6.07) is 5.47. The van der Waals surface area contributed by atoms with Crippen LogP contribution in [0, 0.1) is 5.82 Å². The quantitative estimate of drug-likeness (QED) is 0.263. The minimum atomic E-state index is -0.902. The van der Waals surface area contributed by atoms with Crippen molar-refractivity contribution in [3.8, 4) is 0 Å². The molecule has 0 fully saturated rings. The van der Waals surface area contributed by atoms with Crippen LogP contribution in [-0.2, 0) is 9.53 Å². The second-order valence-electron chi connectivity index (χ2n) is 3.46. The number of carbonyl (C=O) groups is 1. The monoisotopic (exact) mass is 234 g/mol. The maximum Gasteiger partial charge on any atom is 0.422 e. The van der Waals surface area contributed by atoms with Gasteiger partial charge in [0, 0.05) is 0 Å². The van der Waals surface area contributed by atoms with E-state index in [1.807, 2.05) is 0 Å². The first-order valence-corrected chi connectivity index (χ1v) is 4.84. The molecule has 1 aromatic rings. The number of rotatable bonds is 4. The molecular formula is C12H11FN2O2. The molecule has 0 aromatic heterocycles. The molecule has 0 heterocycles. The average molecular weight is 234 g/mol. The van der Waals surface area contributed by atoms with Crippen molar-refractivity contribution in [3.63, 3.8) is 0 Å². The summed E-state index contributed by atoms with van der Waals surface area (Å²) in [5.41, 5.74) is 8.79. The van der Waals surface area contributed by atoms with Crippen molar-refractivity contribution in [3.05, 3.63) is 53.3 Å². The summed E-state index contributed by atoms with van der Waals surface area (Å²) in [6.45, 7) is 5.21. The number of ether oxygens (including phenoxy) is 1. The first-order valence-electron chi connectivity index (χ1n) is 4.84. The number of hydrogen-bond acceptors (Lipinski definition) is 2. The Balaban J connectivity index is 2.94. The van der Waals surface area contributed by atoms with Crippen LogP contribution in [0.15, 0.2) is 36.4 Å². The second-order valence-corrected chi connectivity index (χ2v) is 3.46. The largest absolute Gasteiger partial charge is 0.452 e. The van der Waals surface area contributed by atoms with Gasteiger partial charge in [-0.2, -0.15) is 4.79 Å². The van der Waals surface area contributed by atoms with Crippen LogP contribution in [0.5, 0.6) is 0 Å². The van der Waals surface area contributed by atoms with E-state index in [-0.39, 0.29) is 12.2 Å². The predicted molar refractivity (Wildman–Crippen MR) is 59.9 cm³/mol. The molecule has 5 heteroatoms. The van der Waals surface area contributed by atoms with E-state index in [0.29, 0.717) is 5.57 Å². The van der Waals surface area contributed by atoms with Gasteiger partial charge in [0.1, 0.15) is 18.0 Å². The Morgan fingerprint density at radius 1 is 1.53 bits per heavy atom. The Morgan fingerprint density at radius 2 is 2.18 bits per heavy atom. The maximum atomic E-state index is 13.4. The lowest BCUT2D eigenvalue weighted by Gasteiger charge is -2.01. The Morgan fingerprint density at radius 3 is 2.71 bits per heavy atom. The molecule has 0 atom stereocenters. The predicted octanol–water partition coefficient (Wildman–Crippen LogP) is 1.96. The lowest BCUT2D eigenvalue weighted by atomic mass is 10.1. The zero-order valence-electron chi connectivity index (χ0n) is 9.31. The Bertz CT molecular complexity index is 505. The molecule has 0 aliphatic heterocycles. The number of halogens is 1.